The average molecular weight is 285 g/mol. The van der Waals surface area contributed by atoms with Crippen molar-refractivity contribution in [1.29, 1.82) is 0 Å². The van der Waals surface area contributed by atoms with Gasteiger partial charge in [-0.15, -0.1) is 0 Å². The smallest absolute Gasteiger partial charge is 0.149 e. The third kappa shape index (κ3) is 5.61. The number of para-hydroxylation sites is 1. The third-order valence-electron chi connectivity index (χ3n) is 2.68. The van der Waals surface area contributed by atoms with Crippen LogP contribution in [0.1, 0.15) is 31.9 Å². The van der Waals surface area contributed by atoms with Crippen LogP contribution in [0.25, 0.3) is 0 Å². The maximum atomic E-state index is 11.5. The summed E-state index contributed by atoms with van der Waals surface area (Å²) in [6, 6.07) is 7.38. The standard InChI is InChI=1S/C14H23NO3S/c1-4-10-18-14-9-7-6-8-12(14)13(15-5-2)11-19(3,16)17/h6-9,13,15H,4-5,10-11H2,1-3H3. The lowest BCUT2D eigenvalue weighted by atomic mass is 10.1. The Bertz CT molecular complexity index is 485. The van der Waals surface area contributed by atoms with Crippen LogP contribution >= 0.6 is 0 Å². The van der Waals surface area contributed by atoms with Crippen LogP contribution in [-0.4, -0.2) is 33.6 Å². The third-order valence-corrected chi connectivity index (χ3v) is 3.61. The van der Waals surface area contributed by atoms with Crippen LogP contribution in [0.2, 0.25) is 0 Å². The molecule has 5 heteroatoms. The van der Waals surface area contributed by atoms with Crippen molar-refractivity contribution >= 4 is 9.84 Å². The molecule has 1 aromatic rings. The number of hydrogen-bond acceptors (Lipinski definition) is 4. The molecular formula is C14H23NO3S. The van der Waals surface area contributed by atoms with E-state index in [2.05, 4.69) is 5.32 Å². The quantitative estimate of drug-likeness (QED) is 0.795. The largest absolute Gasteiger partial charge is 0.493 e. The highest BCUT2D eigenvalue weighted by Crippen LogP contribution is 2.26. The number of rotatable bonds is 8. The minimum Gasteiger partial charge on any atom is -0.493 e. The minimum atomic E-state index is -3.05. The van der Waals surface area contributed by atoms with Gasteiger partial charge in [0.15, 0.2) is 0 Å². The summed E-state index contributed by atoms with van der Waals surface area (Å²) in [5, 5.41) is 3.21. The van der Waals surface area contributed by atoms with E-state index in [1.54, 1.807) is 0 Å². The number of nitrogens with one attached hydrogen (secondary N) is 1. The molecule has 1 N–H and O–H groups in total. The van der Waals surface area contributed by atoms with E-state index >= 15 is 0 Å². The van der Waals surface area contributed by atoms with Gasteiger partial charge < -0.3 is 10.1 Å². The number of hydrogen-bond donors (Lipinski definition) is 1. The van der Waals surface area contributed by atoms with Gasteiger partial charge in [-0.1, -0.05) is 32.0 Å². The van der Waals surface area contributed by atoms with E-state index in [0.29, 0.717) is 13.2 Å². The molecule has 0 amide bonds. The highest BCUT2D eigenvalue weighted by atomic mass is 32.2. The first-order chi connectivity index (χ1) is 8.98. The topological polar surface area (TPSA) is 55.4 Å². The minimum absolute atomic E-state index is 0.0767. The average Bonchev–Trinajstić information content (AvgIpc) is 2.34. The van der Waals surface area contributed by atoms with Crippen LogP contribution < -0.4 is 10.1 Å². The summed E-state index contributed by atoms with van der Waals surface area (Å²) in [7, 11) is -3.05. The van der Waals surface area contributed by atoms with Gasteiger partial charge in [-0.2, -0.15) is 0 Å². The Morgan fingerprint density at radius 3 is 2.53 bits per heavy atom. The molecule has 19 heavy (non-hydrogen) atoms. The highest BCUT2D eigenvalue weighted by Gasteiger charge is 2.19. The molecule has 0 aliphatic carbocycles. The second-order valence-corrected chi connectivity index (χ2v) is 6.77. The van der Waals surface area contributed by atoms with Crippen molar-refractivity contribution in [3.8, 4) is 5.75 Å². The van der Waals surface area contributed by atoms with Crippen molar-refractivity contribution in [2.75, 3.05) is 25.2 Å². The maximum Gasteiger partial charge on any atom is 0.149 e. The first kappa shape index (κ1) is 16.0. The molecule has 0 saturated heterocycles. The molecule has 0 bridgehead atoms. The van der Waals surface area contributed by atoms with E-state index < -0.39 is 9.84 Å². The number of benzene rings is 1. The Hall–Kier alpha value is -1.07. The molecule has 0 fully saturated rings. The van der Waals surface area contributed by atoms with Crippen molar-refractivity contribution < 1.29 is 13.2 Å². The van der Waals surface area contributed by atoms with Gasteiger partial charge in [0.05, 0.1) is 12.4 Å². The molecule has 1 atom stereocenters. The zero-order valence-corrected chi connectivity index (χ0v) is 12.7. The zero-order chi connectivity index (χ0) is 14.3. The van der Waals surface area contributed by atoms with Crippen LogP contribution in [0.4, 0.5) is 0 Å². The first-order valence-corrected chi connectivity index (χ1v) is 8.66. The van der Waals surface area contributed by atoms with Crippen molar-refractivity contribution in [3.63, 3.8) is 0 Å². The second kappa shape index (κ2) is 7.50. The van der Waals surface area contributed by atoms with Crippen molar-refractivity contribution in [1.82, 2.24) is 5.32 Å². The highest BCUT2D eigenvalue weighted by molar-refractivity contribution is 7.90. The van der Waals surface area contributed by atoms with Gasteiger partial charge in [-0.25, -0.2) is 8.42 Å². The zero-order valence-electron chi connectivity index (χ0n) is 11.8. The van der Waals surface area contributed by atoms with E-state index in [0.717, 1.165) is 17.7 Å². The Morgan fingerprint density at radius 2 is 1.95 bits per heavy atom. The van der Waals surface area contributed by atoms with Gasteiger partial charge in [-0.05, 0) is 19.0 Å². The van der Waals surface area contributed by atoms with Gasteiger partial charge in [0.1, 0.15) is 15.6 Å². The van der Waals surface area contributed by atoms with Crippen molar-refractivity contribution in [2.24, 2.45) is 0 Å². The van der Waals surface area contributed by atoms with E-state index in [1.807, 2.05) is 38.1 Å². The van der Waals surface area contributed by atoms with Crippen LogP contribution in [0, 0.1) is 0 Å². The fraction of sp³-hybridized carbons (Fsp3) is 0.571. The summed E-state index contributed by atoms with van der Waals surface area (Å²) in [6.07, 6.45) is 2.18. The molecule has 0 heterocycles. The Kier molecular flexibility index (Phi) is 6.31. The molecule has 1 unspecified atom stereocenters. The van der Waals surface area contributed by atoms with E-state index in [9.17, 15) is 8.42 Å². The number of ether oxygens (including phenoxy) is 1. The fourth-order valence-corrected chi connectivity index (χ4v) is 2.82. The summed E-state index contributed by atoms with van der Waals surface area (Å²) in [6.45, 7) is 5.35. The molecule has 108 valence electrons. The SMILES string of the molecule is CCCOc1ccccc1C(CS(C)(=O)=O)NCC. The van der Waals surface area contributed by atoms with E-state index in [-0.39, 0.29) is 11.8 Å². The normalized spacial score (nSPS) is 13.2. The molecule has 0 aliphatic rings. The van der Waals surface area contributed by atoms with Crippen LogP contribution in [0.3, 0.4) is 0 Å². The van der Waals surface area contributed by atoms with Gasteiger partial charge in [0, 0.05) is 17.9 Å². The monoisotopic (exact) mass is 285 g/mol. The molecule has 0 aromatic heterocycles. The lowest BCUT2D eigenvalue weighted by molar-refractivity contribution is 0.311. The Morgan fingerprint density at radius 1 is 1.26 bits per heavy atom. The molecule has 1 aromatic carbocycles. The summed E-state index contributed by atoms with van der Waals surface area (Å²) in [4.78, 5) is 0. The molecular weight excluding hydrogens is 262 g/mol. The van der Waals surface area contributed by atoms with E-state index in [4.69, 9.17) is 4.74 Å². The molecule has 1 rings (SSSR count). The molecule has 0 radical (unpaired) electrons. The van der Waals surface area contributed by atoms with Gasteiger partial charge >= 0.3 is 0 Å². The van der Waals surface area contributed by atoms with Crippen LogP contribution in [0.15, 0.2) is 24.3 Å². The fourth-order valence-electron chi connectivity index (χ4n) is 1.92. The summed E-state index contributed by atoms with van der Waals surface area (Å²) >= 11 is 0. The summed E-state index contributed by atoms with van der Waals surface area (Å²) in [5.74, 6) is 0.840. The lowest BCUT2D eigenvalue weighted by Gasteiger charge is -2.20. The molecule has 4 nitrogen and oxygen atoms in total. The number of sulfone groups is 1. The lowest BCUT2D eigenvalue weighted by Crippen LogP contribution is -2.28. The second-order valence-electron chi connectivity index (χ2n) is 4.59. The predicted octanol–water partition coefficient (Wildman–Crippen LogP) is 2.17. The molecule has 0 spiro atoms. The van der Waals surface area contributed by atoms with Gasteiger partial charge in [-0.3, -0.25) is 0 Å². The van der Waals surface area contributed by atoms with Crippen molar-refractivity contribution in [3.05, 3.63) is 29.8 Å². The molecule has 0 aliphatic heterocycles. The summed E-state index contributed by atoms with van der Waals surface area (Å²) in [5.41, 5.74) is 0.906. The van der Waals surface area contributed by atoms with Crippen LogP contribution in [-0.2, 0) is 9.84 Å². The van der Waals surface area contributed by atoms with Crippen LogP contribution in [0.5, 0.6) is 5.75 Å². The maximum absolute atomic E-state index is 11.5. The Labute approximate surface area is 116 Å². The van der Waals surface area contributed by atoms with Crippen molar-refractivity contribution in [2.45, 2.75) is 26.3 Å². The van der Waals surface area contributed by atoms with E-state index in [1.165, 1.54) is 6.26 Å². The first-order valence-electron chi connectivity index (χ1n) is 6.60. The Balaban J connectivity index is 3.00. The summed E-state index contributed by atoms with van der Waals surface area (Å²) < 4.78 is 28.8. The predicted molar refractivity (Wildman–Crippen MR) is 78.4 cm³/mol. The molecule has 0 saturated carbocycles. The van der Waals surface area contributed by atoms with Gasteiger partial charge in [0.2, 0.25) is 0 Å². The van der Waals surface area contributed by atoms with Gasteiger partial charge in [0.25, 0.3) is 0 Å².